The van der Waals surface area contributed by atoms with Gasteiger partial charge in [-0.25, -0.2) is 9.89 Å². The first-order valence-corrected chi connectivity index (χ1v) is 10.0. The molecule has 2 heterocycles. The highest BCUT2D eigenvalue weighted by Gasteiger charge is 2.18. The van der Waals surface area contributed by atoms with Gasteiger partial charge in [0, 0.05) is 36.8 Å². The van der Waals surface area contributed by atoms with Gasteiger partial charge >= 0.3 is 5.69 Å². The van der Waals surface area contributed by atoms with Gasteiger partial charge in [-0.1, -0.05) is 17.7 Å². The highest BCUT2D eigenvalue weighted by atomic mass is 32.2. The van der Waals surface area contributed by atoms with Crippen LogP contribution in [0.2, 0.25) is 0 Å². The van der Waals surface area contributed by atoms with Crippen molar-refractivity contribution in [2.45, 2.75) is 18.4 Å². The summed E-state index contributed by atoms with van der Waals surface area (Å²) < 4.78 is 5.81. The van der Waals surface area contributed by atoms with Crippen molar-refractivity contribution < 1.29 is 4.18 Å². The van der Waals surface area contributed by atoms with Gasteiger partial charge in [0.05, 0.1) is 18.6 Å². The number of anilines is 1. The predicted octanol–water partition coefficient (Wildman–Crippen LogP) is 2.81. The van der Waals surface area contributed by atoms with E-state index in [-0.39, 0.29) is 5.69 Å². The summed E-state index contributed by atoms with van der Waals surface area (Å²) in [7, 11) is 0. The quantitative estimate of drug-likeness (QED) is 0.623. The molecule has 0 radical (unpaired) electrons. The average molecular weight is 398 g/mol. The summed E-state index contributed by atoms with van der Waals surface area (Å²) in [5.41, 5.74) is 2.18. The monoisotopic (exact) mass is 397 g/mol. The van der Waals surface area contributed by atoms with Crippen LogP contribution in [0.5, 0.6) is 5.75 Å². The third-order valence-electron chi connectivity index (χ3n) is 4.75. The Morgan fingerprint density at radius 2 is 1.75 bits per heavy atom. The first-order chi connectivity index (χ1) is 13.7. The molecule has 28 heavy (non-hydrogen) atoms. The van der Waals surface area contributed by atoms with Crippen molar-refractivity contribution in [1.29, 1.82) is 0 Å². The van der Waals surface area contributed by atoms with Crippen molar-refractivity contribution in [2.24, 2.45) is 0 Å². The lowest BCUT2D eigenvalue weighted by Gasteiger charge is -2.35. The van der Waals surface area contributed by atoms with E-state index in [1.807, 2.05) is 12.1 Å². The Labute approximate surface area is 167 Å². The van der Waals surface area contributed by atoms with Gasteiger partial charge in [-0.15, -0.1) is 0 Å². The molecule has 3 aromatic rings. The van der Waals surface area contributed by atoms with Crippen LogP contribution < -0.4 is 14.8 Å². The smallest absolute Gasteiger partial charge is 0.340 e. The Hall–Kier alpha value is -2.71. The Morgan fingerprint density at radius 3 is 2.39 bits per heavy atom. The van der Waals surface area contributed by atoms with E-state index in [1.54, 1.807) is 0 Å². The Kier molecular flexibility index (Phi) is 5.68. The molecule has 146 valence electrons. The van der Waals surface area contributed by atoms with Crippen LogP contribution in [-0.2, 0) is 6.54 Å². The Morgan fingerprint density at radius 1 is 1.04 bits per heavy atom. The predicted molar refractivity (Wildman–Crippen MR) is 111 cm³/mol. The van der Waals surface area contributed by atoms with E-state index in [0.717, 1.165) is 36.8 Å². The summed E-state index contributed by atoms with van der Waals surface area (Å²) >= 11 is 1.37. The van der Waals surface area contributed by atoms with Gasteiger partial charge in [0.2, 0.25) is 0 Å². The fourth-order valence-corrected chi connectivity index (χ4v) is 3.71. The molecule has 4 rings (SSSR count). The van der Waals surface area contributed by atoms with E-state index in [2.05, 4.69) is 68.3 Å². The van der Waals surface area contributed by atoms with Crippen LogP contribution in [0.25, 0.3) is 0 Å². The lowest BCUT2D eigenvalue weighted by molar-refractivity contribution is 0.244. The van der Waals surface area contributed by atoms with Crippen molar-refractivity contribution in [3.05, 3.63) is 70.4 Å². The topological polar surface area (TPSA) is 77.2 Å². The summed E-state index contributed by atoms with van der Waals surface area (Å²) in [4.78, 5) is 19.6. The highest BCUT2D eigenvalue weighted by molar-refractivity contribution is 7.95. The number of rotatable bonds is 6. The van der Waals surface area contributed by atoms with Gasteiger partial charge in [-0.2, -0.15) is 5.10 Å². The Bertz CT molecular complexity index is 944. The molecule has 0 atom stereocenters. The molecule has 1 aliphatic rings. The number of nitrogens with one attached hydrogen (secondary N) is 2. The molecule has 7 nitrogen and oxygen atoms in total. The third-order valence-corrected chi connectivity index (χ3v) is 5.49. The van der Waals surface area contributed by atoms with Crippen LogP contribution >= 0.6 is 12.0 Å². The highest BCUT2D eigenvalue weighted by Crippen LogP contribution is 2.26. The molecule has 0 unspecified atom stereocenters. The normalized spacial score (nSPS) is 15.0. The summed E-state index contributed by atoms with van der Waals surface area (Å²) in [6, 6.07) is 16.5. The van der Waals surface area contributed by atoms with Gasteiger partial charge in [0.1, 0.15) is 11.6 Å². The minimum absolute atomic E-state index is 0.253. The standard InChI is InChI=1S/C20H23N5O2S/c1-15-2-8-18(9-3-15)28-27-17-6-4-16(5-7-17)25-12-10-24(11-13-25)14-19-21-20(26)23-22-19/h2-9H,10-14H2,1H3,(H2,21,22,23,26). The summed E-state index contributed by atoms with van der Waals surface area (Å²) in [6.45, 7) is 6.47. The summed E-state index contributed by atoms with van der Waals surface area (Å²) in [5.74, 6) is 1.53. The summed E-state index contributed by atoms with van der Waals surface area (Å²) in [6.07, 6.45) is 0. The van der Waals surface area contributed by atoms with E-state index in [4.69, 9.17) is 4.18 Å². The fourth-order valence-electron chi connectivity index (χ4n) is 3.16. The van der Waals surface area contributed by atoms with Crippen molar-refractivity contribution >= 4 is 17.7 Å². The lowest BCUT2D eigenvalue weighted by Crippen LogP contribution is -2.46. The van der Waals surface area contributed by atoms with E-state index < -0.39 is 0 Å². The largest absolute Gasteiger partial charge is 0.421 e. The van der Waals surface area contributed by atoms with Gasteiger partial charge in [0.25, 0.3) is 0 Å². The van der Waals surface area contributed by atoms with Gasteiger partial charge in [0.15, 0.2) is 0 Å². The minimum Gasteiger partial charge on any atom is -0.421 e. The fraction of sp³-hybridized carbons (Fsp3) is 0.300. The molecule has 0 bridgehead atoms. The van der Waals surface area contributed by atoms with Crippen LogP contribution in [0.1, 0.15) is 11.4 Å². The molecule has 2 aromatic carbocycles. The van der Waals surface area contributed by atoms with Crippen molar-refractivity contribution in [1.82, 2.24) is 20.1 Å². The first-order valence-electron chi connectivity index (χ1n) is 9.28. The minimum atomic E-state index is -0.253. The van der Waals surface area contributed by atoms with Crippen molar-refractivity contribution in [3.63, 3.8) is 0 Å². The maximum Gasteiger partial charge on any atom is 0.340 e. The molecule has 0 spiro atoms. The second kappa shape index (κ2) is 8.53. The number of aromatic nitrogens is 3. The third kappa shape index (κ3) is 4.76. The SMILES string of the molecule is Cc1ccc(SOc2ccc(N3CCN(Cc4n[nH]c(=O)[nH]4)CC3)cc2)cc1. The van der Waals surface area contributed by atoms with Crippen molar-refractivity contribution in [2.75, 3.05) is 31.1 Å². The molecule has 1 aromatic heterocycles. The van der Waals surface area contributed by atoms with Crippen LogP contribution in [-0.4, -0.2) is 46.3 Å². The van der Waals surface area contributed by atoms with E-state index in [0.29, 0.717) is 12.4 Å². The molecule has 0 amide bonds. The second-order valence-corrected chi connectivity index (χ2v) is 7.67. The number of aromatic amines is 2. The zero-order valence-electron chi connectivity index (χ0n) is 15.7. The zero-order valence-corrected chi connectivity index (χ0v) is 16.5. The molecule has 1 saturated heterocycles. The molecule has 0 saturated carbocycles. The van der Waals surface area contributed by atoms with Gasteiger partial charge in [-0.3, -0.25) is 9.88 Å². The van der Waals surface area contributed by atoms with Crippen LogP contribution in [0, 0.1) is 6.92 Å². The number of piperazine rings is 1. The number of nitrogens with zero attached hydrogens (tertiary/aromatic N) is 3. The van der Waals surface area contributed by atoms with E-state index >= 15 is 0 Å². The maximum absolute atomic E-state index is 11.1. The zero-order chi connectivity index (χ0) is 19.3. The summed E-state index contributed by atoms with van der Waals surface area (Å²) in [5, 5.41) is 6.39. The number of aryl methyl sites for hydroxylation is 1. The number of benzene rings is 2. The Balaban J connectivity index is 1.27. The molecular weight excluding hydrogens is 374 g/mol. The van der Waals surface area contributed by atoms with Crippen LogP contribution in [0.3, 0.4) is 0 Å². The van der Waals surface area contributed by atoms with E-state index in [9.17, 15) is 4.79 Å². The number of H-pyrrole nitrogens is 2. The molecule has 0 aliphatic carbocycles. The van der Waals surface area contributed by atoms with Crippen LogP contribution in [0.4, 0.5) is 5.69 Å². The maximum atomic E-state index is 11.1. The molecule has 8 heteroatoms. The molecule has 1 fully saturated rings. The molecular formula is C20H23N5O2S. The first kappa shape index (κ1) is 18.6. The lowest BCUT2D eigenvalue weighted by atomic mass is 10.2. The van der Waals surface area contributed by atoms with Gasteiger partial charge in [-0.05, 0) is 43.3 Å². The molecule has 2 N–H and O–H groups in total. The van der Waals surface area contributed by atoms with E-state index in [1.165, 1.54) is 23.3 Å². The van der Waals surface area contributed by atoms with Crippen molar-refractivity contribution in [3.8, 4) is 5.75 Å². The number of hydrogen-bond acceptors (Lipinski definition) is 6. The number of hydrogen-bond donors (Lipinski definition) is 2. The molecule has 1 aliphatic heterocycles. The second-order valence-electron chi connectivity index (χ2n) is 6.86. The van der Waals surface area contributed by atoms with Crippen LogP contribution in [0.15, 0.2) is 58.2 Å². The average Bonchev–Trinajstić information content (AvgIpc) is 3.13. The van der Waals surface area contributed by atoms with Gasteiger partial charge < -0.3 is 9.08 Å².